The highest BCUT2D eigenvalue weighted by molar-refractivity contribution is 5.86. The number of rotatable bonds is 1. The molecule has 80 valence electrons. The average molecular weight is 196 g/mol. The second-order valence-corrected chi connectivity index (χ2v) is 5.60. The van der Waals surface area contributed by atoms with Gasteiger partial charge in [-0.05, 0) is 25.2 Å². The maximum absolute atomic E-state index is 12.1. The maximum atomic E-state index is 12.1. The van der Waals surface area contributed by atoms with Crippen LogP contribution in [0.4, 0.5) is 0 Å². The van der Waals surface area contributed by atoms with Crippen molar-refractivity contribution in [1.29, 1.82) is 0 Å². The number of hydrogen-bond donors (Lipinski definition) is 1. The van der Waals surface area contributed by atoms with E-state index in [2.05, 4.69) is 20.8 Å². The molecule has 2 saturated carbocycles. The Balaban J connectivity index is 2.14. The fraction of sp³-hybridized carbons (Fsp3) is 0.917. The Labute approximate surface area is 85.7 Å². The summed E-state index contributed by atoms with van der Waals surface area (Å²) in [7, 11) is 0. The molecule has 0 saturated heterocycles. The molecule has 0 heterocycles. The molecule has 2 aliphatic carbocycles. The van der Waals surface area contributed by atoms with Crippen molar-refractivity contribution in [2.75, 3.05) is 0 Å². The van der Waals surface area contributed by atoms with E-state index in [-0.39, 0.29) is 23.4 Å². The lowest BCUT2D eigenvalue weighted by molar-refractivity contribution is -0.170. The summed E-state index contributed by atoms with van der Waals surface area (Å²) < 4.78 is 0. The van der Waals surface area contributed by atoms with Crippen LogP contribution in [0.25, 0.3) is 0 Å². The monoisotopic (exact) mass is 196 g/mol. The van der Waals surface area contributed by atoms with Crippen LogP contribution in [-0.4, -0.2) is 17.0 Å². The van der Waals surface area contributed by atoms with Crippen LogP contribution in [0, 0.1) is 23.2 Å². The predicted molar refractivity (Wildman–Crippen MR) is 54.8 cm³/mol. The van der Waals surface area contributed by atoms with Crippen LogP contribution in [0.15, 0.2) is 0 Å². The number of fused-ring (bicyclic) bond motifs is 1. The van der Waals surface area contributed by atoms with Crippen molar-refractivity contribution in [1.82, 2.24) is 0 Å². The first-order valence-electron chi connectivity index (χ1n) is 5.68. The number of carbonyl (C=O) groups is 1. The molecule has 0 aliphatic heterocycles. The number of ketones is 1. The van der Waals surface area contributed by atoms with E-state index in [4.69, 9.17) is 0 Å². The smallest absolute Gasteiger partial charge is 0.140 e. The van der Waals surface area contributed by atoms with Gasteiger partial charge in [0.25, 0.3) is 0 Å². The fourth-order valence-electron chi connectivity index (χ4n) is 3.14. The molecule has 0 spiro atoms. The fourth-order valence-corrected chi connectivity index (χ4v) is 3.14. The minimum absolute atomic E-state index is 0.0809. The summed E-state index contributed by atoms with van der Waals surface area (Å²) in [6.07, 6.45) is 2.47. The van der Waals surface area contributed by atoms with Crippen molar-refractivity contribution in [3.8, 4) is 0 Å². The lowest BCUT2D eigenvalue weighted by atomic mass is 9.50. The minimum atomic E-state index is -0.232. The quantitative estimate of drug-likeness (QED) is 0.696. The summed E-state index contributed by atoms with van der Waals surface area (Å²) in [6.45, 7) is 6.32. The number of carbonyl (C=O) groups excluding carboxylic acids is 1. The van der Waals surface area contributed by atoms with E-state index >= 15 is 0 Å². The first-order valence-corrected chi connectivity index (χ1v) is 5.68. The van der Waals surface area contributed by atoms with E-state index in [0.717, 1.165) is 12.8 Å². The molecule has 0 aromatic heterocycles. The van der Waals surface area contributed by atoms with Crippen LogP contribution in [0.3, 0.4) is 0 Å². The SMILES string of the molecule is CC(C)C1CC[C@@]2(C)[C@H](O)C[C@H]2C1=O. The van der Waals surface area contributed by atoms with Crippen LogP contribution < -0.4 is 0 Å². The highest BCUT2D eigenvalue weighted by Crippen LogP contribution is 2.55. The third-order valence-corrected chi connectivity index (χ3v) is 4.52. The number of Topliss-reactive ketones (excluding diaryl/α,β-unsaturated/α-hetero) is 1. The van der Waals surface area contributed by atoms with Gasteiger partial charge in [0, 0.05) is 17.3 Å². The van der Waals surface area contributed by atoms with Gasteiger partial charge in [-0.3, -0.25) is 4.79 Å². The predicted octanol–water partition coefficient (Wildman–Crippen LogP) is 2.01. The third-order valence-electron chi connectivity index (χ3n) is 4.52. The molecule has 0 aromatic rings. The lowest BCUT2D eigenvalue weighted by Crippen LogP contribution is -2.59. The van der Waals surface area contributed by atoms with E-state index in [1.54, 1.807) is 0 Å². The third kappa shape index (κ3) is 1.16. The molecule has 14 heavy (non-hydrogen) atoms. The molecular weight excluding hydrogens is 176 g/mol. The van der Waals surface area contributed by atoms with Crippen LogP contribution >= 0.6 is 0 Å². The van der Waals surface area contributed by atoms with Crippen LogP contribution in [0.1, 0.15) is 40.0 Å². The van der Waals surface area contributed by atoms with E-state index < -0.39 is 0 Å². The van der Waals surface area contributed by atoms with Gasteiger partial charge in [-0.25, -0.2) is 0 Å². The van der Waals surface area contributed by atoms with Gasteiger partial charge in [-0.2, -0.15) is 0 Å². The van der Waals surface area contributed by atoms with Crippen molar-refractivity contribution in [2.24, 2.45) is 23.2 Å². The molecular formula is C12H20O2. The normalized spacial score (nSPS) is 47.5. The maximum Gasteiger partial charge on any atom is 0.140 e. The van der Waals surface area contributed by atoms with Crippen molar-refractivity contribution in [2.45, 2.75) is 46.1 Å². The molecule has 2 rings (SSSR count). The standard InChI is InChI=1S/C12H20O2/c1-7(2)8-4-5-12(3)9(11(8)14)6-10(12)13/h7-10,13H,4-6H2,1-3H3/t8?,9-,10+,12+/m0/s1. The van der Waals surface area contributed by atoms with E-state index in [1.807, 2.05) is 0 Å². The molecule has 0 aromatic carbocycles. The van der Waals surface area contributed by atoms with Crippen LogP contribution in [0.5, 0.6) is 0 Å². The average Bonchev–Trinajstić information content (AvgIpc) is 2.11. The van der Waals surface area contributed by atoms with Gasteiger partial charge >= 0.3 is 0 Å². The van der Waals surface area contributed by atoms with E-state index in [9.17, 15) is 9.90 Å². The van der Waals surface area contributed by atoms with Crippen molar-refractivity contribution >= 4 is 5.78 Å². The Hall–Kier alpha value is -0.370. The summed E-state index contributed by atoms with van der Waals surface area (Å²) in [5.41, 5.74) is -0.0809. The zero-order valence-corrected chi connectivity index (χ0v) is 9.29. The van der Waals surface area contributed by atoms with Gasteiger partial charge in [0.15, 0.2) is 0 Å². The Morgan fingerprint density at radius 2 is 2.14 bits per heavy atom. The Bertz CT molecular complexity index is 259. The zero-order chi connectivity index (χ0) is 10.5. The van der Waals surface area contributed by atoms with Crippen LogP contribution in [0.2, 0.25) is 0 Å². The Morgan fingerprint density at radius 1 is 1.50 bits per heavy atom. The van der Waals surface area contributed by atoms with Gasteiger partial charge in [0.2, 0.25) is 0 Å². The minimum Gasteiger partial charge on any atom is -0.393 e. The molecule has 2 aliphatic rings. The van der Waals surface area contributed by atoms with E-state index in [0.29, 0.717) is 18.1 Å². The number of aliphatic hydroxyl groups excluding tert-OH is 1. The second-order valence-electron chi connectivity index (χ2n) is 5.60. The molecule has 2 heteroatoms. The second kappa shape index (κ2) is 3.06. The first kappa shape index (κ1) is 10.2. The summed E-state index contributed by atoms with van der Waals surface area (Å²) in [4.78, 5) is 12.1. The van der Waals surface area contributed by atoms with Crippen molar-refractivity contribution in [3.63, 3.8) is 0 Å². The molecule has 0 bridgehead atoms. The highest BCUT2D eigenvalue weighted by Gasteiger charge is 2.57. The summed E-state index contributed by atoms with van der Waals surface area (Å²) >= 11 is 0. The van der Waals surface area contributed by atoms with Crippen LogP contribution in [-0.2, 0) is 4.79 Å². The molecule has 2 nitrogen and oxygen atoms in total. The largest absolute Gasteiger partial charge is 0.393 e. The Morgan fingerprint density at radius 3 is 2.64 bits per heavy atom. The topological polar surface area (TPSA) is 37.3 Å². The van der Waals surface area contributed by atoms with Gasteiger partial charge < -0.3 is 5.11 Å². The van der Waals surface area contributed by atoms with Crippen molar-refractivity contribution in [3.05, 3.63) is 0 Å². The molecule has 0 amide bonds. The van der Waals surface area contributed by atoms with Gasteiger partial charge in [0.05, 0.1) is 6.10 Å². The van der Waals surface area contributed by atoms with Gasteiger partial charge in [-0.1, -0.05) is 20.8 Å². The van der Waals surface area contributed by atoms with Gasteiger partial charge in [0.1, 0.15) is 5.78 Å². The van der Waals surface area contributed by atoms with Crippen molar-refractivity contribution < 1.29 is 9.90 Å². The zero-order valence-electron chi connectivity index (χ0n) is 9.29. The highest BCUT2D eigenvalue weighted by atomic mass is 16.3. The number of aliphatic hydroxyl groups is 1. The molecule has 2 fully saturated rings. The van der Waals surface area contributed by atoms with Gasteiger partial charge in [-0.15, -0.1) is 0 Å². The first-order chi connectivity index (χ1) is 6.47. The molecule has 1 unspecified atom stereocenters. The molecule has 1 N–H and O–H groups in total. The Kier molecular flexibility index (Phi) is 2.22. The molecule has 0 radical (unpaired) electrons. The summed E-state index contributed by atoms with van der Waals surface area (Å²) in [5, 5.41) is 9.69. The lowest BCUT2D eigenvalue weighted by Gasteiger charge is -2.55. The summed E-state index contributed by atoms with van der Waals surface area (Å²) in [5.74, 6) is 1.28. The summed E-state index contributed by atoms with van der Waals surface area (Å²) in [6, 6.07) is 0. The van der Waals surface area contributed by atoms with E-state index in [1.165, 1.54) is 0 Å². The molecule has 4 atom stereocenters. The number of hydrogen-bond acceptors (Lipinski definition) is 2.